The van der Waals surface area contributed by atoms with Crippen molar-refractivity contribution < 1.29 is 32.2 Å². The van der Waals surface area contributed by atoms with Gasteiger partial charge in [-0.3, -0.25) is 4.79 Å². The third-order valence-corrected chi connectivity index (χ3v) is 2.26. The second-order valence-corrected chi connectivity index (χ2v) is 3.53. The van der Waals surface area contributed by atoms with Gasteiger partial charge in [0.1, 0.15) is 5.75 Å². The Labute approximate surface area is 107 Å². The molecule has 0 radical (unpaired) electrons. The monoisotopic (exact) mass is 279 g/mol. The van der Waals surface area contributed by atoms with Crippen molar-refractivity contribution in [2.24, 2.45) is 0 Å². The number of carbonyl (C=O) groups excluding carboxylic acids is 1. The van der Waals surface area contributed by atoms with Crippen molar-refractivity contribution in [1.29, 1.82) is 0 Å². The van der Waals surface area contributed by atoms with Crippen molar-refractivity contribution in [3.05, 3.63) is 17.3 Å². The number of methoxy groups -OCH3 is 2. The van der Waals surface area contributed by atoms with E-state index in [9.17, 15) is 18.0 Å². The SMILES string of the molecule is COC(=O)Cc1c(OC)cc(OC(F)(F)F)nc1C. The summed E-state index contributed by atoms with van der Waals surface area (Å²) in [5.41, 5.74) is 0.549. The number of pyridine rings is 1. The molecule has 1 rings (SSSR count). The highest BCUT2D eigenvalue weighted by molar-refractivity contribution is 5.74. The van der Waals surface area contributed by atoms with E-state index in [1.54, 1.807) is 0 Å². The summed E-state index contributed by atoms with van der Waals surface area (Å²) in [5, 5.41) is 0. The molecule has 5 nitrogen and oxygen atoms in total. The lowest BCUT2D eigenvalue weighted by Gasteiger charge is -2.14. The maximum atomic E-state index is 12.1. The van der Waals surface area contributed by atoms with Gasteiger partial charge in [-0.2, -0.15) is 0 Å². The van der Waals surface area contributed by atoms with Crippen LogP contribution in [0, 0.1) is 6.92 Å². The third kappa shape index (κ3) is 4.31. The topological polar surface area (TPSA) is 57.7 Å². The van der Waals surface area contributed by atoms with Gasteiger partial charge >= 0.3 is 12.3 Å². The standard InChI is InChI=1S/C11H12F3NO4/c1-6-7(4-10(16)18-3)8(17-2)5-9(15-6)19-11(12,13)14/h5H,4H2,1-3H3. The molecule has 0 saturated heterocycles. The van der Waals surface area contributed by atoms with E-state index in [2.05, 4.69) is 14.5 Å². The van der Waals surface area contributed by atoms with Crippen molar-refractivity contribution in [1.82, 2.24) is 4.98 Å². The fourth-order valence-corrected chi connectivity index (χ4v) is 1.43. The fourth-order valence-electron chi connectivity index (χ4n) is 1.43. The molecule has 0 saturated carbocycles. The summed E-state index contributed by atoms with van der Waals surface area (Å²) in [4.78, 5) is 14.8. The van der Waals surface area contributed by atoms with E-state index in [1.807, 2.05) is 0 Å². The van der Waals surface area contributed by atoms with Gasteiger partial charge in [0.05, 0.1) is 20.6 Å². The molecule has 0 amide bonds. The number of ether oxygens (including phenoxy) is 3. The molecule has 0 spiro atoms. The van der Waals surface area contributed by atoms with Crippen molar-refractivity contribution >= 4 is 5.97 Å². The minimum Gasteiger partial charge on any atom is -0.496 e. The third-order valence-electron chi connectivity index (χ3n) is 2.26. The number of halogens is 3. The van der Waals surface area contributed by atoms with E-state index in [-0.39, 0.29) is 17.9 Å². The van der Waals surface area contributed by atoms with Gasteiger partial charge in [0, 0.05) is 17.3 Å². The number of hydrogen-bond acceptors (Lipinski definition) is 5. The minimum atomic E-state index is -4.84. The molecule has 1 aromatic rings. The number of aryl methyl sites for hydroxylation is 1. The van der Waals surface area contributed by atoms with Gasteiger partial charge in [-0.1, -0.05) is 0 Å². The minimum absolute atomic E-state index is 0.0807. The van der Waals surface area contributed by atoms with E-state index in [4.69, 9.17) is 4.74 Å². The second kappa shape index (κ2) is 5.77. The quantitative estimate of drug-likeness (QED) is 0.789. The first-order valence-electron chi connectivity index (χ1n) is 5.14. The Hall–Kier alpha value is -1.99. The van der Waals surface area contributed by atoms with Crippen LogP contribution in [-0.4, -0.2) is 31.5 Å². The van der Waals surface area contributed by atoms with Crippen LogP contribution >= 0.6 is 0 Å². The fraction of sp³-hybridized carbons (Fsp3) is 0.455. The first-order valence-corrected chi connectivity index (χ1v) is 5.14. The van der Waals surface area contributed by atoms with Gasteiger partial charge in [0.15, 0.2) is 0 Å². The van der Waals surface area contributed by atoms with Gasteiger partial charge in [-0.25, -0.2) is 4.98 Å². The molecule has 1 heterocycles. The second-order valence-electron chi connectivity index (χ2n) is 3.53. The zero-order chi connectivity index (χ0) is 14.6. The molecule has 0 atom stereocenters. The van der Waals surface area contributed by atoms with Gasteiger partial charge < -0.3 is 14.2 Å². The van der Waals surface area contributed by atoms with Crippen molar-refractivity contribution in [2.45, 2.75) is 19.7 Å². The summed E-state index contributed by atoms with van der Waals surface area (Å²) in [6.07, 6.45) is -4.99. The molecule has 19 heavy (non-hydrogen) atoms. The molecule has 0 aromatic carbocycles. The predicted octanol–water partition coefficient (Wildman–Crippen LogP) is 2.01. The Morgan fingerprint density at radius 3 is 2.47 bits per heavy atom. The molecule has 1 aromatic heterocycles. The highest BCUT2D eigenvalue weighted by Crippen LogP contribution is 2.29. The van der Waals surface area contributed by atoms with Crippen LogP contribution in [0.15, 0.2) is 6.07 Å². The van der Waals surface area contributed by atoms with E-state index < -0.39 is 18.2 Å². The van der Waals surface area contributed by atoms with Crippen LogP contribution in [0.2, 0.25) is 0 Å². The van der Waals surface area contributed by atoms with Crippen molar-refractivity contribution in [2.75, 3.05) is 14.2 Å². The molecule has 0 aliphatic carbocycles. The van der Waals surface area contributed by atoms with Crippen LogP contribution in [0.25, 0.3) is 0 Å². The van der Waals surface area contributed by atoms with Crippen molar-refractivity contribution in [3.8, 4) is 11.6 Å². The average molecular weight is 279 g/mol. The van der Waals surface area contributed by atoms with Gasteiger partial charge in [-0.15, -0.1) is 13.2 Å². The lowest BCUT2D eigenvalue weighted by atomic mass is 10.1. The molecule has 0 aliphatic heterocycles. The van der Waals surface area contributed by atoms with Crippen LogP contribution < -0.4 is 9.47 Å². The van der Waals surface area contributed by atoms with Gasteiger partial charge in [-0.05, 0) is 6.92 Å². The average Bonchev–Trinajstić information content (AvgIpc) is 2.29. The highest BCUT2D eigenvalue weighted by Gasteiger charge is 2.32. The molecule has 0 fully saturated rings. The zero-order valence-corrected chi connectivity index (χ0v) is 10.5. The number of rotatable bonds is 4. The van der Waals surface area contributed by atoms with Crippen LogP contribution in [0.4, 0.5) is 13.2 Å². The Bertz CT molecular complexity index is 474. The highest BCUT2D eigenvalue weighted by atomic mass is 19.4. The van der Waals surface area contributed by atoms with E-state index in [1.165, 1.54) is 21.1 Å². The van der Waals surface area contributed by atoms with Crippen LogP contribution in [0.5, 0.6) is 11.6 Å². The van der Waals surface area contributed by atoms with E-state index >= 15 is 0 Å². The van der Waals surface area contributed by atoms with Gasteiger partial charge in [0.25, 0.3) is 0 Å². The molecule has 0 aliphatic rings. The number of hydrogen-bond donors (Lipinski definition) is 0. The normalized spacial score (nSPS) is 11.1. The van der Waals surface area contributed by atoms with E-state index in [0.717, 1.165) is 6.07 Å². The lowest BCUT2D eigenvalue weighted by Crippen LogP contribution is -2.18. The summed E-state index contributed by atoms with van der Waals surface area (Å²) in [5.74, 6) is -1.11. The molecule has 0 bridgehead atoms. The number of aromatic nitrogens is 1. The molecule has 8 heteroatoms. The Kier molecular flexibility index (Phi) is 4.57. The first kappa shape index (κ1) is 15.1. The number of carbonyl (C=O) groups is 1. The smallest absolute Gasteiger partial charge is 0.496 e. The largest absolute Gasteiger partial charge is 0.574 e. The summed E-state index contributed by atoms with van der Waals surface area (Å²) in [6, 6.07) is 0.971. The molecule has 106 valence electrons. The molecular formula is C11H12F3NO4. The van der Waals surface area contributed by atoms with Crippen molar-refractivity contribution in [3.63, 3.8) is 0 Å². The van der Waals surface area contributed by atoms with E-state index in [0.29, 0.717) is 5.56 Å². The van der Waals surface area contributed by atoms with Crippen LogP contribution in [0.1, 0.15) is 11.3 Å². The Morgan fingerprint density at radius 2 is 2.00 bits per heavy atom. The molecular weight excluding hydrogens is 267 g/mol. The maximum Gasteiger partial charge on any atom is 0.574 e. The number of esters is 1. The maximum absolute atomic E-state index is 12.1. The number of alkyl halides is 3. The summed E-state index contributed by atoms with van der Waals surface area (Å²) >= 11 is 0. The lowest BCUT2D eigenvalue weighted by molar-refractivity contribution is -0.276. The van der Waals surface area contributed by atoms with Crippen LogP contribution in [0.3, 0.4) is 0 Å². The predicted molar refractivity (Wildman–Crippen MR) is 57.9 cm³/mol. The Morgan fingerprint density at radius 1 is 1.37 bits per heavy atom. The summed E-state index contributed by atoms with van der Waals surface area (Å²) in [6.45, 7) is 1.45. The molecule has 0 N–H and O–H groups in total. The van der Waals surface area contributed by atoms with Gasteiger partial charge in [0.2, 0.25) is 5.88 Å². The Balaban J connectivity index is 3.11. The molecule has 0 unspecified atom stereocenters. The van der Waals surface area contributed by atoms with Crippen LogP contribution in [-0.2, 0) is 16.0 Å². The number of nitrogens with zero attached hydrogens (tertiary/aromatic N) is 1. The zero-order valence-electron chi connectivity index (χ0n) is 10.5. The summed E-state index contributed by atoms with van der Waals surface area (Å²) < 4.78 is 49.4. The first-order chi connectivity index (χ1) is 8.76. The summed E-state index contributed by atoms with van der Waals surface area (Å²) in [7, 11) is 2.48.